The predicted molar refractivity (Wildman–Crippen MR) is 269 cm³/mol. The van der Waals surface area contributed by atoms with Crippen molar-refractivity contribution in [3.8, 4) is 0 Å². The Hall–Kier alpha value is -0.520. The van der Waals surface area contributed by atoms with Crippen LogP contribution in [-0.2, 0) is 0 Å². The highest BCUT2D eigenvalue weighted by Gasteiger charge is 2.27. The molecule has 0 rings (SSSR count). The fourth-order valence-electron chi connectivity index (χ4n) is 10.1. The molecule has 0 fully saturated rings. The summed E-state index contributed by atoms with van der Waals surface area (Å²) in [5, 5.41) is 0. The van der Waals surface area contributed by atoms with Gasteiger partial charge >= 0.3 is 0 Å². The van der Waals surface area contributed by atoms with Crippen molar-refractivity contribution >= 4 is 0 Å². The molecule has 0 heteroatoms. The zero-order valence-electron chi connectivity index (χ0n) is 42.7. The number of hydrogen-bond acceptors (Lipinski definition) is 0. The molecule has 0 nitrogen and oxygen atoms in total. The van der Waals surface area contributed by atoms with Crippen LogP contribution in [0.3, 0.4) is 0 Å². The van der Waals surface area contributed by atoms with Gasteiger partial charge in [-0.2, -0.15) is 0 Å². The van der Waals surface area contributed by atoms with E-state index in [1.807, 2.05) is 5.57 Å². The Morgan fingerprint density at radius 2 is 0.724 bits per heavy atom. The molecule has 0 saturated carbocycles. The van der Waals surface area contributed by atoms with Crippen LogP contribution in [0, 0.1) is 35.5 Å². The minimum Gasteiger partial charge on any atom is -0.0879 e. The summed E-state index contributed by atoms with van der Waals surface area (Å²) in [6.07, 6.45) is 55.6. The van der Waals surface area contributed by atoms with E-state index < -0.39 is 0 Å². The van der Waals surface area contributed by atoms with Gasteiger partial charge in [0.15, 0.2) is 0 Å². The average molecular weight is 812 g/mol. The average Bonchev–Trinajstić information content (AvgIpc) is 3.22. The lowest BCUT2D eigenvalue weighted by Gasteiger charge is -2.33. The van der Waals surface area contributed by atoms with Crippen molar-refractivity contribution < 1.29 is 0 Å². The van der Waals surface area contributed by atoms with Gasteiger partial charge in [-0.1, -0.05) is 284 Å². The number of unbranched alkanes of at least 4 members (excludes halogenated alkanes) is 29. The summed E-state index contributed by atoms with van der Waals surface area (Å²) in [6, 6.07) is 0. The maximum atomic E-state index is 2.60. The molecule has 0 radical (unpaired) electrons. The lowest BCUT2D eigenvalue weighted by atomic mass is 9.72. The Labute approximate surface area is 370 Å². The van der Waals surface area contributed by atoms with Crippen LogP contribution in [0.15, 0.2) is 22.8 Å². The van der Waals surface area contributed by atoms with Gasteiger partial charge in [0.05, 0.1) is 0 Å². The smallest absolute Gasteiger partial charge is 0.0198 e. The summed E-state index contributed by atoms with van der Waals surface area (Å²) in [4.78, 5) is 0. The molecule has 0 saturated heterocycles. The molecule has 0 aromatic rings. The van der Waals surface area contributed by atoms with Crippen LogP contribution in [0.1, 0.15) is 314 Å². The first-order valence-electron chi connectivity index (χ1n) is 27.5. The third-order valence-corrected chi connectivity index (χ3v) is 15.4. The summed E-state index contributed by atoms with van der Waals surface area (Å²) >= 11 is 0. The summed E-state index contributed by atoms with van der Waals surface area (Å²) in [5.41, 5.74) is 5.39. The van der Waals surface area contributed by atoms with Gasteiger partial charge in [0.25, 0.3) is 0 Å². The van der Waals surface area contributed by atoms with Crippen molar-refractivity contribution in [2.45, 2.75) is 314 Å². The second-order valence-electron chi connectivity index (χ2n) is 20.5. The molecule has 58 heavy (non-hydrogen) atoms. The standard InChI is InChI=1S/C58H114/c1-12-16-18-20-22-24-26-28-30-32-34-36-38-44-48-57(49-45-39-37-35-33-31-29-27-25-23-21-19-17-13-2)54(10)52(8)53(9)55(11)58(15-4)56(14-3)47-43-41-40-42-46-51(7)50(5)6/h15,50-53,55-56H,12-14,16-49H2,1-11H3. The third-order valence-electron chi connectivity index (χ3n) is 15.4. The maximum Gasteiger partial charge on any atom is -0.0198 e. The van der Waals surface area contributed by atoms with Crippen LogP contribution in [0.2, 0.25) is 0 Å². The van der Waals surface area contributed by atoms with Crippen LogP contribution >= 0.6 is 0 Å². The Bertz CT molecular complexity index is 869. The van der Waals surface area contributed by atoms with Crippen LogP contribution in [0.4, 0.5) is 0 Å². The Morgan fingerprint density at radius 1 is 0.397 bits per heavy atom. The van der Waals surface area contributed by atoms with Gasteiger partial charge in [-0.3, -0.25) is 0 Å². The summed E-state index contributed by atoms with van der Waals surface area (Å²) in [7, 11) is 0. The number of allylic oxidation sites excluding steroid dienone is 4. The normalized spacial score (nSPS) is 14.9. The molecule has 346 valence electrons. The van der Waals surface area contributed by atoms with Gasteiger partial charge in [0, 0.05) is 0 Å². The van der Waals surface area contributed by atoms with Gasteiger partial charge in [-0.25, -0.2) is 0 Å². The molecule has 0 aromatic heterocycles. The largest absolute Gasteiger partial charge is 0.0879 e. The molecule has 0 aliphatic rings. The lowest BCUT2D eigenvalue weighted by Crippen LogP contribution is -2.23. The van der Waals surface area contributed by atoms with Crippen molar-refractivity contribution in [2.75, 3.05) is 0 Å². The van der Waals surface area contributed by atoms with Gasteiger partial charge < -0.3 is 0 Å². The van der Waals surface area contributed by atoms with E-state index >= 15 is 0 Å². The van der Waals surface area contributed by atoms with Crippen molar-refractivity contribution in [3.63, 3.8) is 0 Å². The molecule has 5 atom stereocenters. The van der Waals surface area contributed by atoms with E-state index in [-0.39, 0.29) is 0 Å². The molecule has 0 spiro atoms. The van der Waals surface area contributed by atoms with Crippen molar-refractivity contribution in [1.29, 1.82) is 0 Å². The molecular formula is C58H114. The van der Waals surface area contributed by atoms with Crippen molar-refractivity contribution in [1.82, 2.24) is 0 Å². The lowest BCUT2D eigenvalue weighted by molar-refractivity contribution is 0.311. The number of hydrogen-bond donors (Lipinski definition) is 0. The summed E-state index contributed by atoms with van der Waals surface area (Å²) in [6.45, 7) is 27.0. The first kappa shape index (κ1) is 57.5. The summed E-state index contributed by atoms with van der Waals surface area (Å²) in [5.74, 6) is 4.49. The molecule has 0 aliphatic carbocycles. The highest BCUT2D eigenvalue weighted by Crippen LogP contribution is 2.39. The zero-order valence-corrected chi connectivity index (χ0v) is 42.7. The van der Waals surface area contributed by atoms with Crippen molar-refractivity contribution in [3.05, 3.63) is 22.8 Å². The molecule has 0 heterocycles. The molecule has 0 amide bonds. The van der Waals surface area contributed by atoms with Crippen LogP contribution in [0.5, 0.6) is 0 Å². The van der Waals surface area contributed by atoms with Crippen LogP contribution < -0.4 is 0 Å². The summed E-state index contributed by atoms with van der Waals surface area (Å²) < 4.78 is 0. The Morgan fingerprint density at radius 3 is 1.05 bits per heavy atom. The highest BCUT2D eigenvalue weighted by atomic mass is 14.3. The zero-order chi connectivity index (χ0) is 43.1. The fourth-order valence-corrected chi connectivity index (χ4v) is 10.1. The van der Waals surface area contributed by atoms with Gasteiger partial charge in [-0.05, 0) is 87.9 Å². The number of rotatable bonds is 44. The van der Waals surface area contributed by atoms with E-state index in [0.717, 1.165) is 17.8 Å². The van der Waals surface area contributed by atoms with E-state index in [2.05, 4.69) is 82.2 Å². The third kappa shape index (κ3) is 31.3. The van der Waals surface area contributed by atoms with Crippen LogP contribution in [-0.4, -0.2) is 0 Å². The molecule has 0 aromatic carbocycles. The Balaban J connectivity index is 5.04. The fraction of sp³-hybridized carbons (Fsp3) is 0.931. The van der Waals surface area contributed by atoms with E-state index in [0.29, 0.717) is 17.8 Å². The van der Waals surface area contributed by atoms with E-state index in [1.165, 1.54) is 238 Å². The first-order valence-corrected chi connectivity index (χ1v) is 27.5. The minimum atomic E-state index is 0.662. The molecule has 0 aliphatic heterocycles. The van der Waals surface area contributed by atoms with E-state index in [1.54, 1.807) is 11.1 Å². The van der Waals surface area contributed by atoms with Crippen LogP contribution in [0.25, 0.3) is 0 Å². The predicted octanol–water partition coefficient (Wildman–Crippen LogP) is 21.6. The molecular weight excluding hydrogens is 697 g/mol. The van der Waals surface area contributed by atoms with Gasteiger partial charge in [-0.15, -0.1) is 0 Å². The highest BCUT2D eigenvalue weighted by molar-refractivity contribution is 5.18. The van der Waals surface area contributed by atoms with E-state index in [4.69, 9.17) is 0 Å². The minimum absolute atomic E-state index is 0.662. The quantitative estimate of drug-likeness (QED) is 0.0425. The second kappa shape index (κ2) is 41.8. The van der Waals surface area contributed by atoms with E-state index in [9.17, 15) is 0 Å². The molecule has 5 unspecified atom stereocenters. The van der Waals surface area contributed by atoms with Gasteiger partial charge in [0.2, 0.25) is 0 Å². The SMILES string of the molecule is CC=C(C(CC)CCCCCCC(C)C(C)C)C(C)C(C)C(C)C(C)=C(CCCCCCCCCCCCCCCC)CCCCCCCCCCCCCCCC. The monoisotopic (exact) mass is 811 g/mol. The van der Waals surface area contributed by atoms with Crippen molar-refractivity contribution in [2.24, 2.45) is 35.5 Å². The Kier molecular flexibility index (Phi) is 41.4. The molecule has 0 bridgehead atoms. The first-order chi connectivity index (χ1) is 28.2. The van der Waals surface area contributed by atoms with Gasteiger partial charge in [0.1, 0.15) is 0 Å². The maximum absolute atomic E-state index is 2.60. The topological polar surface area (TPSA) is 0 Å². The second-order valence-corrected chi connectivity index (χ2v) is 20.5. The molecule has 0 N–H and O–H groups in total.